The van der Waals surface area contributed by atoms with Crippen LogP contribution in [0.5, 0.6) is 11.5 Å². The number of aryl methyl sites for hydroxylation is 2. The van der Waals surface area contributed by atoms with Gasteiger partial charge in [0.1, 0.15) is 22.7 Å². The summed E-state index contributed by atoms with van der Waals surface area (Å²) in [5.74, 6) is -0.783. The fourth-order valence-corrected chi connectivity index (χ4v) is 3.42. The highest BCUT2D eigenvalue weighted by molar-refractivity contribution is 7.18. The van der Waals surface area contributed by atoms with Crippen molar-refractivity contribution in [1.82, 2.24) is 9.66 Å². The van der Waals surface area contributed by atoms with E-state index in [1.807, 2.05) is 6.92 Å². The van der Waals surface area contributed by atoms with Crippen LogP contribution in [-0.2, 0) is 0 Å². The Bertz CT molecular complexity index is 1100. The minimum absolute atomic E-state index is 0.0344. The fraction of sp³-hybridized carbons (Fsp3) is 0.235. The minimum Gasteiger partial charge on any atom is -0.435 e. The topological polar surface area (TPSA) is 65.7 Å². The number of alkyl halides is 4. The van der Waals surface area contributed by atoms with Crippen molar-refractivity contribution in [1.29, 1.82) is 0 Å². The zero-order valence-corrected chi connectivity index (χ0v) is 15.3. The Labute approximate surface area is 159 Å². The highest BCUT2D eigenvalue weighted by Crippen LogP contribution is 2.27. The lowest BCUT2D eigenvalue weighted by Crippen LogP contribution is -2.17. The van der Waals surface area contributed by atoms with Crippen molar-refractivity contribution in [3.05, 3.63) is 50.9 Å². The average Bonchev–Trinajstić information content (AvgIpc) is 2.90. The zero-order valence-electron chi connectivity index (χ0n) is 14.5. The number of hydrogen-bond donors (Lipinski definition) is 0. The first-order valence-electron chi connectivity index (χ1n) is 7.81. The molecule has 2 aromatic heterocycles. The summed E-state index contributed by atoms with van der Waals surface area (Å²) in [5.41, 5.74) is 0.404. The predicted octanol–water partition coefficient (Wildman–Crippen LogP) is 4.16. The molecule has 0 saturated heterocycles. The third-order valence-electron chi connectivity index (χ3n) is 3.82. The molecular weight excluding hydrogens is 402 g/mol. The molecule has 0 N–H and O–H groups in total. The van der Waals surface area contributed by atoms with E-state index in [9.17, 15) is 22.4 Å². The largest absolute Gasteiger partial charge is 0.435 e. The van der Waals surface area contributed by atoms with E-state index < -0.39 is 24.5 Å². The van der Waals surface area contributed by atoms with Gasteiger partial charge in [-0.25, -0.2) is 4.98 Å². The SMILES string of the molecule is Cc1sc2ncn(/N=C/c3ccc(OC(F)F)cc3OC(F)F)c(=O)c2c1C. The first kappa shape index (κ1) is 19.8. The van der Waals surface area contributed by atoms with E-state index in [1.54, 1.807) is 6.92 Å². The van der Waals surface area contributed by atoms with E-state index >= 15 is 0 Å². The summed E-state index contributed by atoms with van der Waals surface area (Å²) >= 11 is 1.38. The van der Waals surface area contributed by atoms with Gasteiger partial charge in [0.2, 0.25) is 0 Å². The van der Waals surface area contributed by atoms with Gasteiger partial charge < -0.3 is 9.47 Å². The number of fused-ring (bicyclic) bond motifs is 1. The molecule has 3 rings (SSSR count). The second-order valence-corrected chi connectivity index (χ2v) is 6.76. The third-order valence-corrected chi connectivity index (χ3v) is 4.94. The van der Waals surface area contributed by atoms with Gasteiger partial charge in [0.05, 0.1) is 11.6 Å². The zero-order chi connectivity index (χ0) is 20.4. The second kappa shape index (κ2) is 7.97. The Morgan fingerprint density at radius 3 is 2.57 bits per heavy atom. The van der Waals surface area contributed by atoms with Gasteiger partial charge >= 0.3 is 13.2 Å². The number of hydrogen-bond acceptors (Lipinski definition) is 6. The molecule has 0 aliphatic rings. The lowest BCUT2D eigenvalue weighted by atomic mass is 10.2. The van der Waals surface area contributed by atoms with Gasteiger partial charge in [-0.15, -0.1) is 11.3 Å². The van der Waals surface area contributed by atoms with Crippen molar-refractivity contribution in [2.45, 2.75) is 27.1 Å². The number of rotatable bonds is 6. The van der Waals surface area contributed by atoms with Crippen molar-refractivity contribution in [3.8, 4) is 11.5 Å². The van der Waals surface area contributed by atoms with Crippen molar-refractivity contribution in [2.24, 2.45) is 5.10 Å². The van der Waals surface area contributed by atoms with Crippen LogP contribution in [0.3, 0.4) is 0 Å². The number of ether oxygens (including phenoxy) is 2. The predicted molar refractivity (Wildman–Crippen MR) is 96.1 cm³/mol. The first-order valence-corrected chi connectivity index (χ1v) is 8.63. The molecular formula is C17H13F4N3O3S. The summed E-state index contributed by atoms with van der Waals surface area (Å²) in [4.78, 5) is 18.3. The monoisotopic (exact) mass is 415 g/mol. The van der Waals surface area contributed by atoms with Gasteiger partial charge in [-0.3, -0.25) is 4.79 Å². The maximum atomic E-state index is 12.6. The summed E-state index contributed by atoms with van der Waals surface area (Å²) in [5, 5.41) is 4.37. The Kier molecular flexibility index (Phi) is 5.63. The standard InChI is InChI=1S/C17H13F4N3O3S/c1-8-9(2)28-14-13(8)15(25)24(7-22-14)23-6-10-3-4-11(26-16(18)19)5-12(10)27-17(20)21/h3-7,16-17H,1-2H3/b23-6+. The molecule has 0 fully saturated rings. The molecule has 0 radical (unpaired) electrons. The number of benzene rings is 1. The molecule has 6 nitrogen and oxygen atoms in total. The van der Waals surface area contributed by atoms with E-state index in [0.717, 1.165) is 33.5 Å². The number of thiophene rings is 1. The molecule has 0 unspecified atom stereocenters. The number of halogens is 4. The summed E-state index contributed by atoms with van der Waals surface area (Å²) in [6, 6.07) is 3.23. The quantitative estimate of drug-likeness (QED) is 0.448. The molecule has 2 heterocycles. The molecule has 1 aromatic carbocycles. The smallest absolute Gasteiger partial charge is 0.387 e. The van der Waals surface area contributed by atoms with Gasteiger partial charge in [0, 0.05) is 16.5 Å². The minimum atomic E-state index is -3.19. The normalized spacial score (nSPS) is 11.9. The highest BCUT2D eigenvalue weighted by Gasteiger charge is 2.14. The van der Waals surface area contributed by atoms with Crippen LogP contribution in [0.2, 0.25) is 0 Å². The van der Waals surface area contributed by atoms with Gasteiger partial charge in [0.25, 0.3) is 5.56 Å². The Morgan fingerprint density at radius 1 is 1.18 bits per heavy atom. The van der Waals surface area contributed by atoms with Crippen molar-refractivity contribution in [3.63, 3.8) is 0 Å². The van der Waals surface area contributed by atoms with Gasteiger partial charge in [-0.2, -0.15) is 27.3 Å². The van der Waals surface area contributed by atoms with E-state index in [1.165, 1.54) is 23.7 Å². The Morgan fingerprint density at radius 2 is 1.89 bits per heavy atom. The van der Waals surface area contributed by atoms with E-state index in [4.69, 9.17) is 0 Å². The van der Waals surface area contributed by atoms with Crippen LogP contribution in [0, 0.1) is 13.8 Å². The molecule has 28 heavy (non-hydrogen) atoms. The van der Waals surface area contributed by atoms with Crippen LogP contribution in [0.4, 0.5) is 17.6 Å². The molecule has 0 saturated carbocycles. The van der Waals surface area contributed by atoms with Crippen molar-refractivity contribution >= 4 is 27.8 Å². The van der Waals surface area contributed by atoms with Crippen LogP contribution >= 0.6 is 11.3 Å². The molecule has 0 aliphatic carbocycles. The van der Waals surface area contributed by atoms with Crippen LogP contribution in [0.15, 0.2) is 34.4 Å². The van der Waals surface area contributed by atoms with Crippen LogP contribution in [-0.4, -0.2) is 29.1 Å². The van der Waals surface area contributed by atoms with E-state index in [0.29, 0.717) is 10.2 Å². The van der Waals surface area contributed by atoms with E-state index in [2.05, 4.69) is 19.6 Å². The fourth-order valence-electron chi connectivity index (χ4n) is 2.43. The lowest BCUT2D eigenvalue weighted by Gasteiger charge is -2.10. The molecule has 0 bridgehead atoms. The van der Waals surface area contributed by atoms with E-state index in [-0.39, 0.29) is 11.3 Å². The molecule has 0 spiro atoms. The second-order valence-electron chi connectivity index (χ2n) is 5.56. The molecule has 11 heteroatoms. The Balaban J connectivity index is 1.99. The molecule has 148 valence electrons. The lowest BCUT2D eigenvalue weighted by molar-refractivity contribution is -0.0543. The van der Waals surface area contributed by atoms with Crippen LogP contribution in [0.1, 0.15) is 16.0 Å². The average molecular weight is 415 g/mol. The summed E-state index contributed by atoms with van der Waals surface area (Å²) in [7, 11) is 0. The van der Waals surface area contributed by atoms with Crippen molar-refractivity contribution < 1.29 is 27.0 Å². The molecule has 0 aliphatic heterocycles. The first-order chi connectivity index (χ1) is 13.3. The number of aromatic nitrogens is 2. The summed E-state index contributed by atoms with van der Waals surface area (Å²) < 4.78 is 59.3. The third kappa shape index (κ3) is 4.14. The maximum absolute atomic E-state index is 12.6. The van der Waals surface area contributed by atoms with Gasteiger partial charge in [-0.05, 0) is 31.5 Å². The molecule has 0 amide bonds. The van der Waals surface area contributed by atoms with Gasteiger partial charge in [-0.1, -0.05) is 0 Å². The van der Waals surface area contributed by atoms with Crippen LogP contribution in [0.25, 0.3) is 10.2 Å². The van der Waals surface area contributed by atoms with Crippen LogP contribution < -0.4 is 15.0 Å². The van der Waals surface area contributed by atoms with Gasteiger partial charge in [0.15, 0.2) is 0 Å². The van der Waals surface area contributed by atoms with Crippen molar-refractivity contribution in [2.75, 3.05) is 0 Å². The summed E-state index contributed by atoms with van der Waals surface area (Å²) in [6.45, 7) is -2.65. The molecule has 3 aromatic rings. The maximum Gasteiger partial charge on any atom is 0.387 e. The highest BCUT2D eigenvalue weighted by atomic mass is 32.1. The Hall–Kier alpha value is -2.95. The summed E-state index contributed by atoms with van der Waals surface area (Å²) in [6.07, 6.45) is 2.30. The molecule has 0 atom stereocenters. The number of nitrogens with zero attached hydrogens (tertiary/aromatic N) is 3.